The Balaban J connectivity index is 0.000000193. The topological polar surface area (TPSA) is 163 Å². The van der Waals surface area contributed by atoms with Gasteiger partial charge in [0.2, 0.25) is 10.0 Å². The fourth-order valence-electron chi connectivity index (χ4n) is 8.70. The van der Waals surface area contributed by atoms with Crippen molar-refractivity contribution >= 4 is 38.4 Å². The molecule has 0 aliphatic heterocycles. The number of carboxylic acid groups (broad SMARTS) is 2. The van der Waals surface area contributed by atoms with E-state index in [2.05, 4.69) is 10.6 Å². The van der Waals surface area contributed by atoms with Crippen LogP contribution in [0.5, 0.6) is 0 Å². The first-order valence-corrected chi connectivity index (χ1v) is 21.8. The van der Waals surface area contributed by atoms with Crippen LogP contribution in [0.1, 0.15) is 141 Å². The predicted octanol–water partition coefficient (Wildman–Crippen LogP) is 3.26. The number of rotatable bonds is 12. The Labute approximate surface area is 312 Å². The van der Waals surface area contributed by atoms with E-state index < -0.39 is 40.8 Å². The van der Waals surface area contributed by atoms with Crippen LogP contribution in [0.25, 0.3) is 10.8 Å². The number of hydrogen-bond acceptors (Lipinski definition) is 7. The van der Waals surface area contributed by atoms with E-state index in [1.165, 1.54) is 134 Å². The van der Waals surface area contributed by atoms with Crippen LogP contribution in [0.3, 0.4) is 0 Å². The standard InChI is InChI=1S/C17H20N2O6S.2C12H23N/c1-19(2)14-7-3-6-12-11(14)5-4-8-15(12)26(24,25)18-13(17(22)23)9-10-16(20)21;2*1-3-7-11(8-4-1)13-12-9-5-2-6-10-12/h3-8,13,18H,9-10H2,1-2H3,(H,20,21)(H,22,23);2*11-13H,1-10H2/t13-;;/m0../s1. The lowest BCUT2D eigenvalue weighted by Crippen LogP contribution is -2.95. The molecule has 0 amide bonds. The third-order valence-corrected chi connectivity index (χ3v) is 13.1. The number of carboxylic acids is 2. The summed E-state index contributed by atoms with van der Waals surface area (Å²) in [6.07, 6.45) is 28.8. The summed E-state index contributed by atoms with van der Waals surface area (Å²) in [5.41, 5.74) is 0.799. The van der Waals surface area contributed by atoms with Crippen molar-refractivity contribution in [3.63, 3.8) is 0 Å². The Hall–Kier alpha value is -2.73. The first-order chi connectivity index (χ1) is 25.0. The lowest BCUT2D eigenvalue weighted by Gasteiger charge is -2.27. The quantitative estimate of drug-likeness (QED) is 0.301. The lowest BCUT2D eigenvalue weighted by molar-refractivity contribution is -0.726. The van der Waals surface area contributed by atoms with Gasteiger partial charge in [0.25, 0.3) is 0 Å². The molecule has 0 spiro atoms. The van der Waals surface area contributed by atoms with Crippen molar-refractivity contribution in [3.05, 3.63) is 36.4 Å². The van der Waals surface area contributed by atoms with Crippen LogP contribution in [0.2, 0.25) is 0 Å². The van der Waals surface area contributed by atoms with Gasteiger partial charge < -0.3 is 35.3 Å². The molecule has 4 aliphatic rings. The number of nitrogens with one attached hydrogen (secondary N) is 1. The monoisotopic (exact) mass is 742 g/mol. The van der Waals surface area contributed by atoms with E-state index in [1.807, 2.05) is 29.8 Å². The average molecular weight is 743 g/mol. The number of quaternary nitrogens is 2. The molecule has 6 rings (SSSR count). The van der Waals surface area contributed by atoms with Crippen molar-refractivity contribution in [2.24, 2.45) is 0 Å². The molecule has 0 heterocycles. The summed E-state index contributed by atoms with van der Waals surface area (Å²) < 4.78 is 27.4. The van der Waals surface area contributed by atoms with Crippen molar-refractivity contribution in [3.8, 4) is 0 Å². The Morgan fingerprint density at radius 1 is 0.673 bits per heavy atom. The smallest absolute Gasteiger partial charge is 0.241 e. The average Bonchev–Trinajstić information content (AvgIpc) is 3.15. The molecule has 0 saturated heterocycles. The van der Waals surface area contributed by atoms with Gasteiger partial charge in [0.1, 0.15) is 0 Å². The van der Waals surface area contributed by atoms with Gasteiger partial charge in [0, 0.05) is 36.5 Å². The summed E-state index contributed by atoms with van der Waals surface area (Å²) >= 11 is 0. The fraction of sp³-hybridized carbons (Fsp3) is 0.707. The van der Waals surface area contributed by atoms with Gasteiger partial charge in [-0.05, 0) is 128 Å². The molecule has 0 unspecified atom stereocenters. The number of sulfonamides is 1. The molecular weight excluding hydrogens is 677 g/mol. The second-order valence-electron chi connectivity index (χ2n) is 15.9. The number of hydrogen-bond donors (Lipinski definition) is 3. The molecule has 4 aliphatic carbocycles. The molecule has 0 bridgehead atoms. The molecule has 4 saturated carbocycles. The third kappa shape index (κ3) is 13.9. The van der Waals surface area contributed by atoms with Crippen LogP contribution in [-0.4, -0.2) is 64.7 Å². The van der Waals surface area contributed by atoms with Crippen molar-refractivity contribution in [1.29, 1.82) is 0 Å². The van der Waals surface area contributed by atoms with Crippen molar-refractivity contribution in [2.45, 2.75) is 176 Å². The lowest BCUT2D eigenvalue weighted by atomic mass is 9.91. The fourth-order valence-corrected chi connectivity index (χ4v) is 10.1. The second-order valence-corrected chi connectivity index (χ2v) is 17.6. The van der Waals surface area contributed by atoms with E-state index >= 15 is 0 Å². The number of carbonyl (C=O) groups is 2. The normalized spacial score (nSPS) is 20.2. The molecule has 2 aromatic rings. The molecule has 52 heavy (non-hydrogen) atoms. The molecule has 5 N–H and O–H groups in total. The number of aliphatic carboxylic acids is 2. The van der Waals surface area contributed by atoms with Gasteiger partial charge in [-0.15, -0.1) is 0 Å². The zero-order valence-corrected chi connectivity index (χ0v) is 32.7. The van der Waals surface area contributed by atoms with Gasteiger partial charge in [0.15, 0.2) is 0 Å². The molecular formula is C41H66N4O6S. The van der Waals surface area contributed by atoms with E-state index in [9.17, 15) is 28.2 Å². The molecule has 292 valence electrons. The number of benzene rings is 2. The summed E-state index contributed by atoms with van der Waals surface area (Å²) in [7, 11) is -0.585. The SMILES string of the molecule is C1CCC([NH2+]C2CCCCC2)CC1.C1CCC([NH2+]C2CCCCC2)CC1.CN(C)c1cccc2c(S(=O)(=O)N[C@@H](CCC(=O)[O-])C(=O)[O-])cccc12. The Bertz CT molecular complexity index is 1410. The highest BCUT2D eigenvalue weighted by atomic mass is 32.2. The number of fused-ring (bicyclic) bond motifs is 1. The summed E-state index contributed by atoms with van der Waals surface area (Å²) in [5.74, 6) is -3.18. The first-order valence-electron chi connectivity index (χ1n) is 20.4. The molecule has 0 radical (unpaired) electrons. The van der Waals surface area contributed by atoms with Gasteiger partial charge in [-0.3, -0.25) is 0 Å². The maximum atomic E-state index is 12.7. The summed E-state index contributed by atoms with van der Waals surface area (Å²) in [4.78, 5) is 23.4. The van der Waals surface area contributed by atoms with E-state index in [0.29, 0.717) is 10.8 Å². The van der Waals surface area contributed by atoms with Gasteiger partial charge in [-0.1, -0.05) is 49.9 Å². The van der Waals surface area contributed by atoms with Gasteiger partial charge in [-0.25, -0.2) is 13.1 Å². The van der Waals surface area contributed by atoms with Gasteiger partial charge in [0.05, 0.1) is 41.1 Å². The van der Waals surface area contributed by atoms with E-state index in [4.69, 9.17) is 0 Å². The number of carbonyl (C=O) groups excluding carboxylic acids is 2. The Kier molecular flexibility index (Phi) is 17.6. The van der Waals surface area contributed by atoms with Crippen LogP contribution in [0, 0.1) is 0 Å². The van der Waals surface area contributed by atoms with Crippen LogP contribution in [0.4, 0.5) is 5.69 Å². The van der Waals surface area contributed by atoms with Crippen LogP contribution >= 0.6 is 0 Å². The highest BCUT2D eigenvalue weighted by Gasteiger charge is 2.25. The third-order valence-electron chi connectivity index (χ3n) is 11.5. The van der Waals surface area contributed by atoms with E-state index in [0.717, 1.165) is 29.9 Å². The highest BCUT2D eigenvalue weighted by molar-refractivity contribution is 7.89. The zero-order valence-electron chi connectivity index (χ0n) is 31.9. The minimum atomic E-state index is -4.22. The minimum Gasteiger partial charge on any atom is -0.550 e. The Morgan fingerprint density at radius 3 is 1.46 bits per heavy atom. The second kappa shape index (κ2) is 21.8. The number of nitrogens with zero attached hydrogens (tertiary/aromatic N) is 1. The van der Waals surface area contributed by atoms with Crippen LogP contribution in [-0.2, 0) is 19.6 Å². The van der Waals surface area contributed by atoms with Crippen molar-refractivity contribution in [1.82, 2.24) is 4.72 Å². The molecule has 11 heteroatoms. The van der Waals surface area contributed by atoms with Crippen molar-refractivity contribution < 1.29 is 38.9 Å². The summed E-state index contributed by atoms with van der Waals surface area (Å²) in [6, 6.07) is 12.1. The first kappa shape index (κ1) is 42.0. The van der Waals surface area contributed by atoms with Crippen LogP contribution in [0.15, 0.2) is 41.3 Å². The predicted molar refractivity (Wildman–Crippen MR) is 203 cm³/mol. The molecule has 4 fully saturated rings. The molecule has 10 nitrogen and oxygen atoms in total. The maximum Gasteiger partial charge on any atom is 0.241 e. The van der Waals surface area contributed by atoms with Gasteiger partial charge in [-0.2, -0.15) is 0 Å². The number of nitrogens with two attached hydrogens (primary N) is 2. The van der Waals surface area contributed by atoms with E-state index in [-0.39, 0.29) is 4.90 Å². The Morgan fingerprint density at radius 2 is 1.08 bits per heavy atom. The zero-order chi connectivity index (χ0) is 37.3. The molecule has 1 atom stereocenters. The number of anilines is 1. The van der Waals surface area contributed by atoms with Crippen LogP contribution < -0.4 is 30.5 Å². The highest BCUT2D eigenvalue weighted by Crippen LogP contribution is 2.30. The van der Waals surface area contributed by atoms with E-state index in [1.54, 1.807) is 24.3 Å². The molecule has 2 aromatic carbocycles. The summed E-state index contributed by atoms with van der Waals surface area (Å²) in [5, 5.41) is 28.2. The molecule has 0 aromatic heterocycles. The largest absolute Gasteiger partial charge is 0.550 e. The minimum absolute atomic E-state index is 0.0987. The summed E-state index contributed by atoms with van der Waals surface area (Å²) in [6.45, 7) is 0. The van der Waals surface area contributed by atoms with Crippen molar-refractivity contribution in [2.75, 3.05) is 19.0 Å². The van der Waals surface area contributed by atoms with Gasteiger partial charge >= 0.3 is 0 Å². The maximum absolute atomic E-state index is 12.7.